The summed E-state index contributed by atoms with van der Waals surface area (Å²) in [4.78, 5) is 0. The Hall–Kier alpha value is -2.60. The molecule has 0 saturated carbocycles. The van der Waals surface area contributed by atoms with Gasteiger partial charge in [-0.25, -0.2) is 4.39 Å². The Morgan fingerprint density at radius 2 is 1.80 bits per heavy atom. The maximum Gasteiger partial charge on any atom is 0.161 e. The first kappa shape index (κ1) is 22.1. The lowest BCUT2D eigenvalue weighted by Gasteiger charge is -2.15. The summed E-state index contributed by atoms with van der Waals surface area (Å²) in [6.45, 7) is 3.63. The topological polar surface area (TPSA) is 50.7 Å². The highest BCUT2D eigenvalue weighted by Crippen LogP contribution is 2.30. The van der Waals surface area contributed by atoms with E-state index in [-0.39, 0.29) is 12.4 Å². The van der Waals surface area contributed by atoms with Crippen molar-refractivity contribution in [3.05, 3.63) is 94.3 Å². The molecule has 158 valence electrons. The first-order valence-corrected chi connectivity index (χ1v) is 10.2. The Morgan fingerprint density at radius 1 is 1.00 bits per heavy atom. The van der Waals surface area contributed by atoms with Gasteiger partial charge in [-0.15, -0.1) is 0 Å². The van der Waals surface area contributed by atoms with Crippen molar-refractivity contribution in [2.45, 2.75) is 26.2 Å². The van der Waals surface area contributed by atoms with Crippen LogP contribution in [0.5, 0.6) is 11.5 Å². The molecule has 0 heterocycles. The van der Waals surface area contributed by atoms with Crippen molar-refractivity contribution in [2.24, 2.45) is 0 Å². The van der Waals surface area contributed by atoms with Crippen LogP contribution in [0.3, 0.4) is 0 Å². The lowest BCUT2D eigenvalue weighted by Crippen LogP contribution is -2.21. The fourth-order valence-electron chi connectivity index (χ4n) is 2.99. The largest absolute Gasteiger partial charge is 0.490 e. The third-order valence-corrected chi connectivity index (χ3v) is 4.91. The van der Waals surface area contributed by atoms with E-state index in [2.05, 4.69) is 5.32 Å². The molecule has 2 N–H and O–H groups in total. The molecule has 3 aromatic carbocycles. The Bertz CT molecular complexity index is 952. The smallest absolute Gasteiger partial charge is 0.161 e. The van der Waals surface area contributed by atoms with Crippen LogP contribution in [0, 0.1) is 5.82 Å². The molecule has 0 unspecified atom stereocenters. The molecule has 0 aliphatic carbocycles. The minimum Gasteiger partial charge on any atom is -0.490 e. The van der Waals surface area contributed by atoms with E-state index < -0.39 is 6.10 Å². The van der Waals surface area contributed by atoms with Crippen LogP contribution in [0.2, 0.25) is 5.02 Å². The molecule has 3 rings (SSSR count). The molecule has 0 amide bonds. The van der Waals surface area contributed by atoms with Crippen LogP contribution >= 0.6 is 11.6 Å². The van der Waals surface area contributed by atoms with Gasteiger partial charge in [0.2, 0.25) is 0 Å². The van der Waals surface area contributed by atoms with Gasteiger partial charge in [-0.2, -0.15) is 0 Å². The molecule has 0 aliphatic rings. The van der Waals surface area contributed by atoms with Crippen molar-refractivity contribution < 1.29 is 19.0 Å². The van der Waals surface area contributed by atoms with Gasteiger partial charge in [0.1, 0.15) is 12.4 Å². The number of halogens is 2. The predicted molar refractivity (Wildman–Crippen MR) is 116 cm³/mol. The van der Waals surface area contributed by atoms with Gasteiger partial charge >= 0.3 is 0 Å². The highest BCUT2D eigenvalue weighted by atomic mass is 35.5. The second-order valence-corrected chi connectivity index (χ2v) is 7.20. The number of benzene rings is 3. The second kappa shape index (κ2) is 11.0. The van der Waals surface area contributed by atoms with Crippen molar-refractivity contribution in [1.29, 1.82) is 0 Å². The summed E-state index contributed by atoms with van der Waals surface area (Å²) < 4.78 is 24.8. The Morgan fingerprint density at radius 3 is 2.53 bits per heavy atom. The third-order valence-electron chi connectivity index (χ3n) is 4.56. The number of aliphatic hydroxyl groups is 1. The quantitative estimate of drug-likeness (QED) is 0.460. The first-order chi connectivity index (χ1) is 14.6. The molecule has 0 aromatic heterocycles. The number of ether oxygens (including phenoxy) is 2. The van der Waals surface area contributed by atoms with E-state index in [9.17, 15) is 9.50 Å². The Kier molecular flexibility index (Phi) is 8.08. The molecule has 3 aromatic rings. The van der Waals surface area contributed by atoms with Crippen LogP contribution in [0.4, 0.5) is 4.39 Å². The van der Waals surface area contributed by atoms with Gasteiger partial charge in [0.15, 0.2) is 11.5 Å². The number of nitrogens with one attached hydrogen (secondary N) is 1. The average Bonchev–Trinajstić information content (AvgIpc) is 2.75. The molecular weight excluding hydrogens is 405 g/mol. The summed E-state index contributed by atoms with van der Waals surface area (Å²) >= 11 is 6.07. The third kappa shape index (κ3) is 6.20. The predicted octanol–water partition coefficient (Wildman–Crippen LogP) is 5.28. The number of aliphatic hydroxyl groups excluding tert-OH is 1. The molecule has 0 radical (unpaired) electrons. The zero-order valence-corrected chi connectivity index (χ0v) is 17.5. The van der Waals surface area contributed by atoms with Crippen molar-refractivity contribution in [1.82, 2.24) is 5.32 Å². The molecule has 0 spiro atoms. The van der Waals surface area contributed by atoms with E-state index in [1.54, 1.807) is 6.07 Å². The number of hydrogen-bond donors (Lipinski definition) is 2. The van der Waals surface area contributed by atoms with E-state index >= 15 is 0 Å². The van der Waals surface area contributed by atoms with E-state index in [0.29, 0.717) is 41.8 Å². The fourth-order valence-corrected chi connectivity index (χ4v) is 3.21. The van der Waals surface area contributed by atoms with Crippen molar-refractivity contribution >= 4 is 11.6 Å². The van der Waals surface area contributed by atoms with Gasteiger partial charge in [0, 0.05) is 18.7 Å². The van der Waals surface area contributed by atoms with Crippen LogP contribution in [-0.2, 0) is 13.2 Å². The molecule has 4 nitrogen and oxygen atoms in total. The summed E-state index contributed by atoms with van der Waals surface area (Å²) in [5, 5.41) is 13.8. The normalized spacial score (nSPS) is 11.9. The summed E-state index contributed by atoms with van der Waals surface area (Å²) in [5.74, 6) is 0.831. The zero-order valence-electron chi connectivity index (χ0n) is 16.8. The van der Waals surface area contributed by atoms with Gasteiger partial charge < -0.3 is 19.9 Å². The summed E-state index contributed by atoms with van der Waals surface area (Å²) in [5.41, 5.74) is 2.58. The van der Waals surface area contributed by atoms with Crippen molar-refractivity contribution in [3.8, 4) is 11.5 Å². The minimum atomic E-state index is -0.569. The average molecular weight is 430 g/mol. The SMILES string of the molecule is CCOc1cc(CNC[C@@H](O)c2ccccc2)ccc1OCc1ccc(F)cc1Cl. The highest BCUT2D eigenvalue weighted by Gasteiger charge is 2.10. The minimum absolute atomic E-state index is 0.208. The van der Waals surface area contributed by atoms with Crippen LogP contribution < -0.4 is 14.8 Å². The molecule has 0 aliphatic heterocycles. The van der Waals surface area contributed by atoms with Gasteiger partial charge in [-0.1, -0.05) is 54.1 Å². The van der Waals surface area contributed by atoms with Gasteiger partial charge in [-0.3, -0.25) is 0 Å². The molecule has 30 heavy (non-hydrogen) atoms. The van der Waals surface area contributed by atoms with Crippen LogP contribution in [0.15, 0.2) is 66.7 Å². The molecule has 0 saturated heterocycles. The lowest BCUT2D eigenvalue weighted by molar-refractivity contribution is 0.174. The van der Waals surface area contributed by atoms with Crippen LogP contribution in [0.1, 0.15) is 29.7 Å². The monoisotopic (exact) mass is 429 g/mol. The standard InChI is InChI=1S/C24H25ClFNO3/c1-2-29-24-12-17(14-27-15-22(28)18-6-4-3-5-7-18)8-11-23(24)30-16-19-9-10-20(26)13-21(19)25/h3-13,22,27-28H,2,14-16H2,1H3/t22-/m1/s1. The molecule has 1 atom stereocenters. The Labute approximate surface area is 181 Å². The van der Waals surface area contributed by atoms with E-state index in [1.807, 2.05) is 55.5 Å². The Balaban J connectivity index is 1.60. The van der Waals surface area contributed by atoms with Crippen molar-refractivity contribution in [2.75, 3.05) is 13.2 Å². The highest BCUT2D eigenvalue weighted by molar-refractivity contribution is 6.31. The molecule has 6 heteroatoms. The van der Waals surface area contributed by atoms with Crippen LogP contribution in [-0.4, -0.2) is 18.3 Å². The van der Waals surface area contributed by atoms with Gasteiger partial charge in [-0.05, 0) is 42.3 Å². The zero-order chi connectivity index (χ0) is 21.3. The summed E-state index contributed by atoms with van der Waals surface area (Å²) in [7, 11) is 0. The van der Waals surface area contributed by atoms with Crippen molar-refractivity contribution in [3.63, 3.8) is 0 Å². The van der Waals surface area contributed by atoms with Gasteiger partial charge in [0.05, 0.1) is 17.7 Å². The number of hydrogen-bond acceptors (Lipinski definition) is 4. The van der Waals surface area contributed by atoms with Crippen LogP contribution in [0.25, 0.3) is 0 Å². The summed E-state index contributed by atoms with van der Waals surface area (Å²) in [6.07, 6.45) is -0.569. The van der Waals surface area contributed by atoms with E-state index in [0.717, 1.165) is 11.1 Å². The van der Waals surface area contributed by atoms with Gasteiger partial charge in [0.25, 0.3) is 0 Å². The summed E-state index contributed by atoms with van der Waals surface area (Å²) in [6, 6.07) is 19.5. The molecule has 0 fully saturated rings. The molecule has 0 bridgehead atoms. The maximum absolute atomic E-state index is 13.2. The fraction of sp³-hybridized carbons (Fsp3) is 0.250. The van der Waals surface area contributed by atoms with E-state index in [1.165, 1.54) is 12.1 Å². The van der Waals surface area contributed by atoms with E-state index in [4.69, 9.17) is 21.1 Å². The first-order valence-electron chi connectivity index (χ1n) is 9.83. The maximum atomic E-state index is 13.2. The molecular formula is C24H25ClFNO3. The second-order valence-electron chi connectivity index (χ2n) is 6.80. The lowest BCUT2D eigenvalue weighted by atomic mass is 10.1. The number of rotatable bonds is 10.